The van der Waals surface area contributed by atoms with Crippen molar-refractivity contribution >= 4 is 88.2 Å². The SMILES string of the molecule is CCO[C@@H]1C[C@H]2C(=O)NC3(CC(C)(C)C3)C(=O)N(C)[C@@H](C3CCCC3)C(O)N(C)[C@H](C(=O)N(C)CC)CC(=O)N(C)[C@H]3CCC/C=C/C4CCC(CC4)C[C@@H](C(=O)N(C)CC(=O)N[C@@H](CCC4CCC(Cl)C(Cl)C4)C(=O)N2C1)N1CC/C=C\C[C@@H](C1=O)N(C)C(=O)CN(C)C(=O)[C@H]([C@@H](C)CC)NC3=O. The Morgan fingerprint density at radius 3 is 1.99 bits per heavy atom. The maximum atomic E-state index is 15.9. The minimum atomic E-state index is -1.55. The van der Waals surface area contributed by atoms with Crippen molar-refractivity contribution in [3.63, 3.8) is 0 Å². The number of carbonyl (C=O) groups is 11. The number of halogens is 2. The fourth-order valence-electron chi connectivity index (χ4n) is 18.0. The van der Waals surface area contributed by atoms with E-state index in [4.69, 9.17) is 27.9 Å². The largest absolute Gasteiger partial charge is 0.377 e. The molecule has 0 radical (unpaired) electrons. The third kappa shape index (κ3) is 20.3. The fraction of sp³-hybridized carbons (Fsp3) is 0.805. The van der Waals surface area contributed by atoms with Crippen molar-refractivity contribution in [2.45, 2.75) is 273 Å². The van der Waals surface area contributed by atoms with E-state index in [9.17, 15) is 24.3 Å². The van der Waals surface area contributed by atoms with Crippen LogP contribution in [0.3, 0.4) is 0 Å². The molecule has 0 aromatic heterocycles. The number of nitrogens with zero attached hydrogens (tertiary/aromatic N) is 9. The molecule has 27 heteroatoms. The number of rotatable bonds is 10. The van der Waals surface area contributed by atoms with Crippen molar-refractivity contribution < 1.29 is 62.6 Å². The number of carbonyl (C=O) groups excluding carboxylic acids is 11. The first-order valence-electron chi connectivity index (χ1n) is 38.9. The summed E-state index contributed by atoms with van der Waals surface area (Å²) < 4.78 is 6.19. The van der Waals surface area contributed by atoms with Crippen molar-refractivity contribution in [3.05, 3.63) is 24.3 Å². The second kappa shape index (κ2) is 37.3. The molecule has 1 saturated heterocycles. The zero-order valence-electron chi connectivity index (χ0n) is 64.5. The Kier molecular flexibility index (Phi) is 30.0. The minimum absolute atomic E-state index is 0.0151. The third-order valence-electron chi connectivity index (χ3n) is 24.6. The molecule has 6 aliphatic heterocycles. The fourth-order valence-corrected chi connectivity index (χ4v) is 18.6. The lowest BCUT2D eigenvalue weighted by Crippen LogP contribution is -2.72. The van der Waals surface area contributed by atoms with Gasteiger partial charge in [-0.2, -0.15) is 0 Å². The minimum Gasteiger partial charge on any atom is -0.377 e. The molecule has 104 heavy (non-hydrogen) atoms. The van der Waals surface area contributed by atoms with Gasteiger partial charge in [-0.1, -0.05) is 71.3 Å². The first kappa shape index (κ1) is 83.7. The van der Waals surface area contributed by atoms with E-state index in [1.807, 2.05) is 46.8 Å². The van der Waals surface area contributed by atoms with Crippen LogP contribution in [0.15, 0.2) is 24.3 Å². The van der Waals surface area contributed by atoms with Gasteiger partial charge in [-0.15, -0.1) is 23.2 Å². The van der Waals surface area contributed by atoms with Crippen molar-refractivity contribution in [1.29, 1.82) is 0 Å². The lowest BCUT2D eigenvalue weighted by Gasteiger charge is -2.55. The van der Waals surface area contributed by atoms with Gasteiger partial charge < -0.3 is 65.0 Å². The van der Waals surface area contributed by atoms with Crippen molar-refractivity contribution in [1.82, 2.24) is 60.0 Å². The highest BCUT2D eigenvalue weighted by atomic mass is 35.5. The molecule has 11 amide bonds. The van der Waals surface area contributed by atoms with E-state index in [1.54, 1.807) is 33.0 Å². The predicted octanol–water partition coefficient (Wildman–Crippen LogP) is 6.05. The van der Waals surface area contributed by atoms with Crippen LogP contribution in [0.4, 0.5) is 0 Å². The third-order valence-corrected chi connectivity index (χ3v) is 25.7. The van der Waals surface area contributed by atoms with Crippen LogP contribution in [0, 0.1) is 35.0 Å². The molecule has 25 nitrogen and oxygen atoms in total. The van der Waals surface area contributed by atoms with Crippen LogP contribution in [0.5, 0.6) is 0 Å². The van der Waals surface area contributed by atoms with Crippen LogP contribution < -0.4 is 16.0 Å². The Labute approximate surface area is 628 Å². The molecule has 6 heterocycles. The lowest BCUT2D eigenvalue weighted by molar-refractivity contribution is -0.164. The zero-order chi connectivity index (χ0) is 76.2. The van der Waals surface area contributed by atoms with Gasteiger partial charge in [0.1, 0.15) is 48.0 Å². The van der Waals surface area contributed by atoms with E-state index in [-0.39, 0.29) is 106 Å². The molecule has 5 fully saturated rings. The van der Waals surface area contributed by atoms with Crippen molar-refractivity contribution in [2.24, 2.45) is 35.0 Å². The Morgan fingerprint density at radius 1 is 0.673 bits per heavy atom. The molecule has 584 valence electrons. The van der Waals surface area contributed by atoms with Gasteiger partial charge in [0, 0.05) is 80.3 Å². The van der Waals surface area contributed by atoms with E-state index in [0.29, 0.717) is 57.8 Å². The number of aliphatic hydroxyl groups excluding tert-OH is 1. The number of aliphatic hydroxyl groups is 1. The molecule has 14 atom stereocenters. The normalized spacial score (nSPS) is 34.0. The highest BCUT2D eigenvalue weighted by Gasteiger charge is 2.59. The Bertz CT molecular complexity index is 3100. The van der Waals surface area contributed by atoms with Crippen molar-refractivity contribution in [2.75, 3.05) is 88.7 Å². The molecule has 10 rings (SSSR count). The first-order chi connectivity index (χ1) is 49.2. The number of hydrogen-bond donors (Lipinski definition) is 4. The van der Waals surface area contributed by atoms with Gasteiger partial charge >= 0.3 is 0 Å². The quantitative estimate of drug-likeness (QED) is 0.110. The number of likely N-dealkylation sites (N-methyl/N-ethyl adjacent to an activating group) is 7. The van der Waals surface area contributed by atoms with E-state index < -0.39 is 162 Å². The molecule has 4 N–H and O–H groups in total. The second-order valence-corrected chi connectivity index (χ2v) is 33.8. The number of alkyl halides is 2. The number of allylic oxidation sites excluding steroid dienone is 2. The van der Waals surface area contributed by atoms with Gasteiger partial charge in [0.15, 0.2) is 0 Å². The van der Waals surface area contributed by atoms with Crippen LogP contribution in [-0.2, 0) is 57.5 Å². The summed E-state index contributed by atoms with van der Waals surface area (Å²) in [6.07, 6.45) is 16.6. The number of fused-ring (bicyclic) bond motifs is 22. The van der Waals surface area contributed by atoms with E-state index in [1.165, 1.54) is 67.4 Å². The monoisotopic (exact) mass is 1490 g/mol. The molecular formula is C77H124Cl2N12O13. The van der Waals surface area contributed by atoms with Gasteiger partial charge in [0.25, 0.3) is 0 Å². The van der Waals surface area contributed by atoms with Crippen LogP contribution in [0.1, 0.15) is 196 Å². The Morgan fingerprint density at radius 2 is 1.35 bits per heavy atom. The van der Waals surface area contributed by atoms with Gasteiger partial charge in [-0.25, -0.2) is 0 Å². The Balaban J connectivity index is 1.25. The smallest absolute Gasteiger partial charge is 0.248 e. The lowest BCUT2D eigenvalue weighted by atomic mass is 9.58. The zero-order valence-corrected chi connectivity index (χ0v) is 66.0. The molecule has 4 aliphatic carbocycles. The summed E-state index contributed by atoms with van der Waals surface area (Å²) in [5, 5.41) is 21.8. The molecule has 6 bridgehead atoms. The van der Waals surface area contributed by atoms with Crippen molar-refractivity contribution in [3.8, 4) is 0 Å². The number of amides is 11. The maximum absolute atomic E-state index is 15.9. The summed E-state index contributed by atoms with van der Waals surface area (Å²) in [7, 11) is 10.7. The van der Waals surface area contributed by atoms with E-state index >= 15 is 33.6 Å². The van der Waals surface area contributed by atoms with Gasteiger partial charge in [0.05, 0.1) is 43.1 Å². The number of nitrogens with one attached hydrogen (secondary N) is 3. The first-order valence-corrected chi connectivity index (χ1v) is 39.8. The predicted molar refractivity (Wildman–Crippen MR) is 398 cm³/mol. The van der Waals surface area contributed by atoms with E-state index in [2.05, 4.69) is 28.1 Å². The Hall–Kier alpha value is -5.89. The summed E-state index contributed by atoms with van der Waals surface area (Å²) in [4.78, 5) is 181. The summed E-state index contributed by atoms with van der Waals surface area (Å²) in [5.41, 5.74) is -1.98. The van der Waals surface area contributed by atoms with Gasteiger partial charge in [0.2, 0.25) is 65.0 Å². The molecule has 1 spiro atoms. The average molecular weight is 1500 g/mol. The second-order valence-electron chi connectivity index (χ2n) is 32.6. The van der Waals surface area contributed by atoms with Gasteiger partial charge in [-0.05, 0) is 178 Å². The molecule has 0 aromatic rings. The highest BCUT2D eigenvalue weighted by molar-refractivity contribution is 6.30. The van der Waals surface area contributed by atoms with E-state index in [0.717, 1.165) is 44.9 Å². The maximum Gasteiger partial charge on any atom is 0.248 e. The summed E-state index contributed by atoms with van der Waals surface area (Å²) in [6.45, 7) is 10.9. The van der Waals surface area contributed by atoms with Gasteiger partial charge in [-0.3, -0.25) is 57.6 Å². The molecule has 4 saturated carbocycles. The summed E-state index contributed by atoms with van der Waals surface area (Å²) in [6, 6.07) is -9.20. The standard InChI is InChI=1S/C77H124Cl2N12O13/c1-14-48(4)65-73(101)85(9)45-64(94)87(11)58-29-21-18-24-38-90(72(58)100)61-40-51-32-30-49(31-33-51)25-19-17-20-28-57(67(95)81-65)86(10)63(93)42-60(70(98)83(7)15-2)88(12)74(102)66(52-26-22-23-27-52)89(13)75(103)77(46-76(5,6)47-77)82-68(96)59-41-53(104-16-3)43-91(59)69(97)56(80-62(92)44-84(8)71(61)99)37-35-50-34-36-54(78)55(79)39-50/h18-19,21,25,48-61,65-66,74,102H,14-17,20,22-24,26-47H2,1-13H3,(H,80,92)(H,81,95)(H,82,96)/b21-18-,25-19+/t48-,49?,50?,51?,53+,54?,55?,56-,57-,58-,59-,60-,61-,65-,66-,74?/m0/s1. The highest BCUT2D eigenvalue weighted by Crippen LogP contribution is 2.50. The molecule has 10 aliphatic rings. The van der Waals surface area contributed by atoms with Crippen LogP contribution >= 0.6 is 23.2 Å². The van der Waals surface area contributed by atoms with Crippen LogP contribution in [0.25, 0.3) is 0 Å². The number of ether oxygens (including phenoxy) is 1. The average Bonchev–Trinajstić information content (AvgIpc) is 0.879. The summed E-state index contributed by atoms with van der Waals surface area (Å²) in [5.74, 6) is -6.70. The van der Waals surface area contributed by atoms with Crippen LogP contribution in [-0.4, -0.2) is 280 Å². The van der Waals surface area contributed by atoms with Crippen LogP contribution in [0.2, 0.25) is 0 Å². The summed E-state index contributed by atoms with van der Waals surface area (Å²) >= 11 is 13.4. The molecule has 4 unspecified atom stereocenters. The topological polar surface area (TPSA) is 282 Å². The number of hydrogen-bond acceptors (Lipinski definition) is 14. The molecule has 0 aromatic carbocycles. The molecular weight excluding hydrogens is 1370 g/mol.